The Bertz CT molecular complexity index is 308. The molecule has 0 amide bonds. The maximum atomic E-state index is 12.1. The Balaban J connectivity index is 1.96. The minimum absolute atomic E-state index is 0.321. The van der Waals surface area contributed by atoms with Crippen molar-refractivity contribution in [2.75, 3.05) is 23.7 Å². The maximum Gasteiger partial charge on any atom is 0.244 e. The zero-order valence-electron chi connectivity index (χ0n) is 7.40. The van der Waals surface area contributed by atoms with E-state index < -0.39 is 12.3 Å². The van der Waals surface area contributed by atoms with Crippen molar-refractivity contribution < 1.29 is 8.78 Å². The number of nitrogens with two attached hydrogens (primary N) is 1. The zero-order chi connectivity index (χ0) is 10.1. The standard InChI is InChI=1S/C8H10F2N4/c9-7(10)5-3-14(4-5)8-12-1-6(11)2-13-8/h1-2,5,7H,3-4,11H2. The number of hydrogen-bond acceptors (Lipinski definition) is 4. The van der Waals surface area contributed by atoms with Gasteiger partial charge in [0, 0.05) is 13.1 Å². The summed E-state index contributed by atoms with van der Waals surface area (Å²) in [6.45, 7) is 0.642. The topological polar surface area (TPSA) is 55.0 Å². The second-order valence-corrected chi connectivity index (χ2v) is 3.32. The van der Waals surface area contributed by atoms with Crippen molar-refractivity contribution in [3.05, 3.63) is 12.4 Å². The number of rotatable bonds is 2. The summed E-state index contributed by atoms with van der Waals surface area (Å²) in [6, 6.07) is 0. The van der Waals surface area contributed by atoms with Gasteiger partial charge in [0.05, 0.1) is 24.0 Å². The number of aromatic nitrogens is 2. The highest BCUT2D eigenvalue weighted by Gasteiger charge is 2.35. The molecule has 0 bridgehead atoms. The molecule has 2 rings (SSSR count). The molecule has 1 aromatic heterocycles. The number of alkyl halides is 2. The van der Waals surface area contributed by atoms with Crippen LogP contribution in [0.15, 0.2) is 12.4 Å². The highest BCUT2D eigenvalue weighted by Crippen LogP contribution is 2.25. The molecular formula is C8H10F2N4. The second-order valence-electron chi connectivity index (χ2n) is 3.32. The van der Waals surface area contributed by atoms with Gasteiger partial charge in [0.1, 0.15) is 0 Å². The molecule has 6 heteroatoms. The van der Waals surface area contributed by atoms with Gasteiger partial charge in [-0.25, -0.2) is 18.7 Å². The van der Waals surface area contributed by atoms with Gasteiger partial charge < -0.3 is 10.6 Å². The van der Waals surface area contributed by atoms with Crippen LogP contribution in [0.25, 0.3) is 0 Å². The lowest BCUT2D eigenvalue weighted by Crippen LogP contribution is -2.50. The first kappa shape index (κ1) is 9.11. The summed E-state index contributed by atoms with van der Waals surface area (Å²) in [5, 5.41) is 0. The van der Waals surface area contributed by atoms with Crippen molar-refractivity contribution in [2.45, 2.75) is 6.43 Å². The van der Waals surface area contributed by atoms with E-state index in [0.29, 0.717) is 24.7 Å². The second kappa shape index (κ2) is 3.36. The summed E-state index contributed by atoms with van der Waals surface area (Å²) >= 11 is 0. The van der Waals surface area contributed by atoms with Gasteiger partial charge in [-0.05, 0) is 0 Å². The van der Waals surface area contributed by atoms with Crippen LogP contribution in [0, 0.1) is 5.92 Å². The van der Waals surface area contributed by atoms with Crippen LogP contribution in [0.4, 0.5) is 20.4 Å². The van der Waals surface area contributed by atoms with Gasteiger partial charge in [0.15, 0.2) is 0 Å². The van der Waals surface area contributed by atoms with E-state index in [4.69, 9.17) is 5.73 Å². The molecule has 1 saturated heterocycles. The minimum atomic E-state index is -2.25. The first-order valence-electron chi connectivity index (χ1n) is 4.27. The molecule has 1 fully saturated rings. The number of anilines is 2. The summed E-state index contributed by atoms with van der Waals surface area (Å²) in [4.78, 5) is 9.58. The molecule has 0 unspecified atom stereocenters. The molecule has 0 saturated carbocycles. The Morgan fingerprint density at radius 1 is 1.36 bits per heavy atom. The van der Waals surface area contributed by atoms with Crippen LogP contribution in [0.3, 0.4) is 0 Å². The molecule has 2 N–H and O–H groups in total. The average Bonchev–Trinajstić information content (AvgIpc) is 2.05. The normalized spacial score (nSPS) is 17.2. The molecule has 0 radical (unpaired) electrons. The molecule has 1 aromatic rings. The molecule has 2 heterocycles. The fraction of sp³-hybridized carbons (Fsp3) is 0.500. The molecule has 0 aliphatic carbocycles. The van der Waals surface area contributed by atoms with Crippen LogP contribution >= 0.6 is 0 Å². The first-order chi connectivity index (χ1) is 6.66. The Kier molecular flexibility index (Phi) is 2.18. The maximum absolute atomic E-state index is 12.1. The Labute approximate surface area is 79.8 Å². The summed E-state index contributed by atoms with van der Waals surface area (Å²) in [5.41, 5.74) is 5.87. The largest absolute Gasteiger partial charge is 0.396 e. The average molecular weight is 200 g/mol. The zero-order valence-corrected chi connectivity index (χ0v) is 7.40. The summed E-state index contributed by atoms with van der Waals surface area (Å²) in [7, 11) is 0. The number of nitrogens with zero attached hydrogens (tertiary/aromatic N) is 3. The molecule has 0 atom stereocenters. The van der Waals surface area contributed by atoms with Crippen molar-refractivity contribution in [3.63, 3.8) is 0 Å². The lowest BCUT2D eigenvalue weighted by molar-refractivity contribution is 0.0608. The van der Waals surface area contributed by atoms with Crippen molar-refractivity contribution in [3.8, 4) is 0 Å². The third-order valence-electron chi connectivity index (χ3n) is 2.21. The van der Waals surface area contributed by atoms with Gasteiger partial charge in [-0.15, -0.1) is 0 Å². The van der Waals surface area contributed by atoms with Gasteiger partial charge in [-0.1, -0.05) is 0 Å². The van der Waals surface area contributed by atoms with E-state index in [1.54, 1.807) is 4.90 Å². The monoisotopic (exact) mass is 200 g/mol. The van der Waals surface area contributed by atoms with E-state index in [2.05, 4.69) is 9.97 Å². The fourth-order valence-corrected chi connectivity index (χ4v) is 1.33. The quantitative estimate of drug-likeness (QED) is 0.765. The van der Waals surface area contributed by atoms with Gasteiger partial charge in [0.2, 0.25) is 12.4 Å². The van der Waals surface area contributed by atoms with Crippen LogP contribution in [0.1, 0.15) is 0 Å². The Morgan fingerprint density at radius 2 is 1.93 bits per heavy atom. The minimum Gasteiger partial charge on any atom is -0.396 e. The molecule has 4 nitrogen and oxygen atoms in total. The number of nitrogen functional groups attached to an aromatic ring is 1. The molecule has 0 aromatic carbocycles. The van der Waals surface area contributed by atoms with Gasteiger partial charge in [-0.3, -0.25) is 0 Å². The van der Waals surface area contributed by atoms with Gasteiger partial charge >= 0.3 is 0 Å². The van der Waals surface area contributed by atoms with Gasteiger partial charge in [0.25, 0.3) is 0 Å². The molecule has 76 valence electrons. The highest BCUT2D eigenvalue weighted by molar-refractivity contribution is 5.39. The van der Waals surface area contributed by atoms with Crippen LogP contribution in [-0.4, -0.2) is 29.5 Å². The van der Waals surface area contributed by atoms with E-state index in [-0.39, 0.29) is 0 Å². The van der Waals surface area contributed by atoms with Crippen LogP contribution < -0.4 is 10.6 Å². The third kappa shape index (κ3) is 1.59. The molecular weight excluding hydrogens is 190 g/mol. The molecule has 0 spiro atoms. The molecule has 14 heavy (non-hydrogen) atoms. The Morgan fingerprint density at radius 3 is 2.43 bits per heavy atom. The van der Waals surface area contributed by atoms with E-state index in [1.807, 2.05) is 0 Å². The summed E-state index contributed by atoms with van der Waals surface area (Å²) < 4.78 is 24.3. The predicted molar refractivity (Wildman–Crippen MR) is 48.2 cm³/mol. The third-order valence-corrected chi connectivity index (χ3v) is 2.21. The van der Waals surface area contributed by atoms with E-state index in [1.165, 1.54) is 12.4 Å². The molecule has 1 aliphatic heterocycles. The van der Waals surface area contributed by atoms with Crippen LogP contribution in [-0.2, 0) is 0 Å². The number of hydrogen-bond donors (Lipinski definition) is 1. The SMILES string of the molecule is Nc1cnc(N2CC(C(F)F)C2)nc1. The highest BCUT2D eigenvalue weighted by atomic mass is 19.3. The Hall–Kier alpha value is -1.46. The number of halogens is 2. The van der Waals surface area contributed by atoms with E-state index in [0.717, 1.165) is 0 Å². The van der Waals surface area contributed by atoms with E-state index in [9.17, 15) is 8.78 Å². The summed E-state index contributed by atoms with van der Waals surface area (Å²) in [6.07, 6.45) is 0.691. The van der Waals surface area contributed by atoms with Crippen molar-refractivity contribution in [1.29, 1.82) is 0 Å². The van der Waals surface area contributed by atoms with Crippen LogP contribution in [0.5, 0.6) is 0 Å². The van der Waals surface area contributed by atoms with Crippen molar-refractivity contribution >= 4 is 11.6 Å². The lowest BCUT2D eigenvalue weighted by atomic mass is 10.0. The van der Waals surface area contributed by atoms with E-state index >= 15 is 0 Å². The lowest BCUT2D eigenvalue weighted by Gasteiger charge is -2.38. The smallest absolute Gasteiger partial charge is 0.244 e. The van der Waals surface area contributed by atoms with Gasteiger partial charge in [-0.2, -0.15) is 0 Å². The first-order valence-corrected chi connectivity index (χ1v) is 4.27. The fourth-order valence-electron chi connectivity index (χ4n) is 1.33. The summed E-state index contributed by atoms with van der Waals surface area (Å²) in [5.74, 6) is -0.0766. The molecule has 1 aliphatic rings. The van der Waals surface area contributed by atoms with Crippen molar-refractivity contribution in [2.24, 2.45) is 5.92 Å². The van der Waals surface area contributed by atoms with Crippen molar-refractivity contribution in [1.82, 2.24) is 9.97 Å². The van der Waals surface area contributed by atoms with Crippen LogP contribution in [0.2, 0.25) is 0 Å². The predicted octanol–water partition coefficient (Wildman–Crippen LogP) is 0.760.